The lowest BCUT2D eigenvalue weighted by Gasteiger charge is -2.25. The number of likely N-dealkylation sites (N-methyl/N-ethyl adjacent to an activating group) is 2. The molecule has 2 aromatic heterocycles. The molecule has 0 saturated carbocycles. The number of aryl methyl sites for hydroxylation is 2. The van der Waals surface area contributed by atoms with Crippen LogP contribution in [0.2, 0.25) is 0 Å². The molecule has 0 aliphatic heterocycles. The molecule has 0 fully saturated rings. The van der Waals surface area contributed by atoms with Crippen LogP contribution in [0.5, 0.6) is 0 Å². The van der Waals surface area contributed by atoms with E-state index in [2.05, 4.69) is 61.0 Å². The van der Waals surface area contributed by atoms with Gasteiger partial charge in [0, 0.05) is 61.7 Å². The van der Waals surface area contributed by atoms with Gasteiger partial charge in [-0.3, -0.25) is 4.79 Å². The fourth-order valence-electron chi connectivity index (χ4n) is 4.13. The first-order valence-corrected chi connectivity index (χ1v) is 11.8. The maximum Gasteiger partial charge on any atom is 0.247 e. The molecule has 4 aromatic rings. The molecule has 8 heteroatoms. The molecule has 0 aliphatic carbocycles. The van der Waals surface area contributed by atoms with Crippen LogP contribution in [-0.2, 0) is 11.8 Å². The summed E-state index contributed by atoms with van der Waals surface area (Å²) in [6.07, 6.45) is 5.11. The highest BCUT2D eigenvalue weighted by Crippen LogP contribution is 2.34. The van der Waals surface area contributed by atoms with Crippen molar-refractivity contribution >= 4 is 39.8 Å². The number of anilines is 4. The number of amides is 1. The lowest BCUT2D eigenvalue weighted by Crippen LogP contribution is -2.29. The van der Waals surface area contributed by atoms with E-state index in [1.165, 1.54) is 6.08 Å². The summed E-state index contributed by atoms with van der Waals surface area (Å²) in [5.41, 5.74) is 6.48. The average molecular weight is 500 g/mol. The molecule has 37 heavy (non-hydrogen) atoms. The summed E-state index contributed by atoms with van der Waals surface area (Å²) >= 11 is 0. The van der Waals surface area contributed by atoms with Gasteiger partial charge in [-0.15, -0.1) is 0 Å². The zero-order valence-corrected chi connectivity index (χ0v) is 21.5. The summed E-state index contributed by atoms with van der Waals surface area (Å²) < 4.78 is 2.10. The third-order valence-electron chi connectivity index (χ3n) is 6.15. The predicted octanol–water partition coefficient (Wildman–Crippen LogP) is 5.45. The number of rotatable bonds is 9. The Morgan fingerprint density at radius 3 is 2.59 bits per heavy atom. The van der Waals surface area contributed by atoms with Crippen LogP contribution in [0.25, 0.3) is 22.2 Å². The number of para-hydroxylation sites is 1. The third-order valence-corrected chi connectivity index (χ3v) is 6.15. The van der Waals surface area contributed by atoms with Gasteiger partial charge >= 0.3 is 0 Å². The SMILES string of the molecule is C.C=CC(=O)Nc1cc(Nc2nccc(-c3cn(C)c4ccccc34)n2)c(C)cc1N(C)CCN(C)C. The number of carbonyl (C=O) groups is 1. The fraction of sp³-hybridized carbons (Fsp3) is 0.276. The number of hydrogen-bond acceptors (Lipinski definition) is 6. The predicted molar refractivity (Wildman–Crippen MR) is 156 cm³/mol. The van der Waals surface area contributed by atoms with Crippen LogP contribution in [0, 0.1) is 6.92 Å². The first-order valence-electron chi connectivity index (χ1n) is 11.8. The fourth-order valence-corrected chi connectivity index (χ4v) is 4.13. The molecule has 0 atom stereocenters. The van der Waals surface area contributed by atoms with Crippen molar-refractivity contribution in [2.45, 2.75) is 14.4 Å². The number of nitrogens with zero attached hydrogens (tertiary/aromatic N) is 5. The van der Waals surface area contributed by atoms with Gasteiger partial charge in [0.15, 0.2) is 0 Å². The second-order valence-corrected chi connectivity index (χ2v) is 9.16. The number of hydrogen-bond donors (Lipinski definition) is 2. The van der Waals surface area contributed by atoms with Gasteiger partial charge in [-0.2, -0.15) is 0 Å². The van der Waals surface area contributed by atoms with Gasteiger partial charge in [0.05, 0.1) is 17.1 Å². The van der Waals surface area contributed by atoms with Crippen LogP contribution in [-0.4, -0.2) is 59.6 Å². The summed E-state index contributed by atoms with van der Waals surface area (Å²) in [7, 11) is 8.13. The molecule has 1 amide bonds. The Morgan fingerprint density at radius 1 is 1.11 bits per heavy atom. The Labute approximate surface area is 219 Å². The quantitative estimate of drug-likeness (QED) is 0.298. The van der Waals surface area contributed by atoms with Crippen molar-refractivity contribution in [2.24, 2.45) is 7.05 Å². The van der Waals surface area contributed by atoms with Crippen molar-refractivity contribution < 1.29 is 4.79 Å². The van der Waals surface area contributed by atoms with Crippen LogP contribution in [0.1, 0.15) is 13.0 Å². The van der Waals surface area contributed by atoms with E-state index >= 15 is 0 Å². The van der Waals surface area contributed by atoms with E-state index in [4.69, 9.17) is 4.98 Å². The third kappa shape index (κ3) is 6.16. The second-order valence-electron chi connectivity index (χ2n) is 9.16. The van der Waals surface area contributed by atoms with Crippen molar-refractivity contribution in [3.8, 4) is 11.3 Å². The molecular weight excluding hydrogens is 462 g/mol. The summed E-state index contributed by atoms with van der Waals surface area (Å²) in [4.78, 5) is 25.7. The number of carbonyl (C=O) groups excluding carboxylic acids is 1. The first kappa shape index (κ1) is 27.4. The second kappa shape index (κ2) is 11.7. The smallest absolute Gasteiger partial charge is 0.247 e. The van der Waals surface area contributed by atoms with Crippen molar-refractivity contribution in [2.75, 3.05) is 49.8 Å². The molecule has 2 N–H and O–H groups in total. The Kier molecular flexibility index (Phi) is 8.68. The van der Waals surface area contributed by atoms with E-state index in [9.17, 15) is 4.79 Å². The number of benzene rings is 2. The van der Waals surface area contributed by atoms with E-state index in [0.29, 0.717) is 11.6 Å². The normalized spacial score (nSPS) is 10.8. The maximum absolute atomic E-state index is 12.2. The zero-order valence-electron chi connectivity index (χ0n) is 21.5. The first-order chi connectivity index (χ1) is 17.3. The topological polar surface area (TPSA) is 78.3 Å². The summed E-state index contributed by atoms with van der Waals surface area (Å²) in [6, 6.07) is 14.2. The molecular formula is C29H37N7O. The molecule has 0 saturated heterocycles. The van der Waals surface area contributed by atoms with Crippen molar-refractivity contribution in [3.63, 3.8) is 0 Å². The standard InChI is InChI=1S/C28H33N7O.CH4/c1-7-27(36)30-24-17-23(19(2)16-26(24)34(5)15-14-33(3)4)32-28-29-13-12-22(31-28)21-18-35(6)25-11-9-8-10-20(21)25;/h7-13,16-18H,1,14-15H2,2-6H3,(H,30,36)(H,29,31,32);1H4. The highest BCUT2D eigenvalue weighted by molar-refractivity contribution is 6.02. The molecule has 4 rings (SSSR count). The molecule has 194 valence electrons. The van der Waals surface area contributed by atoms with Crippen LogP contribution >= 0.6 is 0 Å². The van der Waals surface area contributed by atoms with Crippen LogP contribution in [0.4, 0.5) is 23.0 Å². The van der Waals surface area contributed by atoms with E-state index in [-0.39, 0.29) is 13.3 Å². The van der Waals surface area contributed by atoms with Gasteiger partial charge in [-0.25, -0.2) is 9.97 Å². The van der Waals surface area contributed by atoms with Crippen molar-refractivity contribution in [1.82, 2.24) is 19.4 Å². The summed E-state index contributed by atoms with van der Waals surface area (Å²) in [5.74, 6) is 0.222. The molecule has 0 aliphatic rings. The van der Waals surface area contributed by atoms with Crippen LogP contribution in [0.3, 0.4) is 0 Å². The van der Waals surface area contributed by atoms with E-state index in [0.717, 1.165) is 52.2 Å². The Hall–Kier alpha value is -4.17. The summed E-state index contributed by atoms with van der Waals surface area (Å²) in [6.45, 7) is 7.32. The zero-order chi connectivity index (χ0) is 25.8. The van der Waals surface area contributed by atoms with Gasteiger partial charge in [0.1, 0.15) is 0 Å². The molecule has 2 heterocycles. The highest BCUT2D eigenvalue weighted by atomic mass is 16.1. The Morgan fingerprint density at radius 2 is 1.86 bits per heavy atom. The van der Waals surface area contributed by atoms with E-state index in [1.807, 2.05) is 59.4 Å². The summed E-state index contributed by atoms with van der Waals surface area (Å²) in [5, 5.41) is 7.44. The van der Waals surface area contributed by atoms with Gasteiger partial charge in [-0.1, -0.05) is 32.2 Å². The molecule has 0 unspecified atom stereocenters. The Bertz CT molecular complexity index is 1410. The van der Waals surface area contributed by atoms with E-state index in [1.54, 1.807) is 6.20 Å². The van der Waals surface area contributed by atoms with Gasteiger partial charge in [0.25, 0.3) is 0 Å². The van der Waals surface area contributed by atoms with Gasteiger partial charge < -0.3 is 25.0 Å². The molecule has 0 spiro atoms. The minimum Gasteiger partial charge on any atom is -0.372 e. The Balaban J connectivity index is 0.00000380. The number of nitrogens with one attached hydrogen (secondary N) is 2. The molecule has 2 aromatic carbocycles. The minimum absolute atomic E-state index is 0. The minimum atomic E-state index is -0.263. The number of aromatic nitrogens is 3. The molecule has 0 bridgehead atoms. The van der Waals surface area contributed by atoms with Crippen molar-refractivity contribution in [3.05, 3.63) is 73.1 Å². The monoisotopic (exact) mass is 499 g/mol. The van der Waals surface area contributed by atoms with Gasteiger partial charge in [-0.05, 0) is 56.9 Å². The lowest BCUT2D eigenvalue weighted by atomic mass is 10.1. The number of fused-ring (bicyclic) bond motifs is 1. The van der Waals surface area contributed by atoms with Crippen molar-refractivity contribution in [1.29, 1.82) is 0 Å². The maximum atomic E-state index is 12.2. The highest BCUT2D eigenvalue weighted by Gasteiger charge is 2.15. The average Bonchev–Trinajstić information content (AvgIpc) is 3.21. The molecule has 8 nitrogen and oxygen atoms in total. The lowest BCUT2D eigenvalue weighted by molar-refractivity contribution is -0.111. The van der Waals surface area contributed by atoms with E-state index < -0.39 is 0 Å². The largest absolute Gasteiger partial charge is 0.372 e. The van der Waals surface area contributed by atoms with Crippen LogP contribution in [0.15, 0.2) is 67.5 Å². The van der Waals surface area contributed by atoms with Crippen LogP contribution < -0.4 is 15.5 Å². The molecule has 0 radical (unpaired) electrons. The van der Waals surface area contributed by atoms with Gasteiger partial charge in [0.2, 0.25) is 11.9 Å².